The first-order valence-electron chi connectivity index (χ1n) is 5.95. The van der Waals surface area contributed by atoms with Crippen molar-refractivity contribution in [3.05, 3.63) is 0 Å². The number of amides is 1. The Kier molecular flexibility index (Phi) is 4.68. The molecule has 0 spiro atoms. The summed E-state index contributed by atoms with van der Waals surface area (Å²) in [5.41, 5.74) is 5.77. The van der Waals surface area contributed by atoms with Gasteiger partial charge in [0.15, 0.2) is 0 Å². The maximum atomic E-state index is 12.0. The van der Waals surface area contributed by atoms with Gasteiger partial charge in [-0.15, -0.1) is 0 Å². The van der Waals surface area contributed by atoms with Crippen LogP contribution in [0.2, 0.25) is 0 Å². The first-order chi connectivity index (χ1) is 7.36. The van der Waals surface area contributed by atoms with Gasteiger partial charge in [-0.25, -0.2) is 0 Å². The quantitative estimate of drug-likeness (QED) is 0.795. The van der Waals surface area contributed by atoms with Crippen molar-refractivity contribution in [1.29, 1.82) is 0 Å². The molecule has 1 fully saturated rings. The minimum absolute atomic E-state index is 0.00144. The predicted molar refractivity (Wildman–Crippen MR) is 70.5 cm³/mol. The van der Waals surface area contributed by atoms with E-state index < -0.39 is 6.04 Å². The molecular formula is C12H24N2OS. The second kappa shape index (κ2) is 5.41. The molecule has 0 saturated heterocycles. The summed E-state index contributed by atoms with van der Waals surface area (Å²) in [6.45, 7) is 5.99. The third-order valence-electron chi connectivity index (χ3n) is 3.30. The Morgan fingerprint density at radius 3 is 2.56 bits per heavy atom. The highest BCUT2D eigenvalue weighted by atomic mass is 32.2. The zero-order chi connectivity index (χ0) is 12.3. The highest BCUT2D eigenvalue weighted by Gasteiger charge is 2.32. The molecule has 94 valence electrons. The van der Waals surface area contributed by atoms with E-state index in [9.17, 15) is 4.79 Å². The van der Waals surface area contributed by atoms with E-state index in [2.05, 4.69) is 11.6 Å². The monoisotopic (exact) mass is 244 g/mol. The Hall–Kier alpha value is -0.220. The number of hydrogen-bond donors (Lipinski definition) is 2. The molecule has 0 aromatic heterocycles. The van der Waals surface area contributed by atoms with Crippen LogP contribution in [0.1, 0.15) is 40.0 Å². The van der Waals surface area contributed by atoms with E-state index in [0.29, 0.717) is 11.3 Å². The normalized spacial score (nSPS) is 27.8. The van der Waals surface area contributed by atoms with Gasteiger partial charge in [-0.1, -0.05) is 27.2 Å². The molecule has 1 amide bonds. The highest BCUT2D eigenvalue weighted by molar-refractivity contribution is 7.99. The van der Waals surface area contributed by atoms with E-state index in [-0.39, 0.29) is 11.3 Å². The van der Waals surface area contributed by atoms with E-state index in [1.807, 2.05) is 32.5 Å². The van der Waals surface area contributed by atoms with Gasteiger partial charge in [-0.3, -0.25) is 4.79 Å². The second-order valence-corrected chi connectivity index (χ2v) is 6.74. The summed E-state index contributed by atoms with van der Waals surface area (Å²) in [6, 6.07) is -0.105. The molecule has 1 aliphatic rings. The van der Waals surface area contributed by atoms with Crippen LogP contribution in [0, 0.1) is 5.41 Å². The summed E-state index contributed by atoms with van der Waals surface area (Å²) in [5.74, 6) is -0.00144. The zero-order valence-corrected chi connectivity index (χ0v) is 11.6. The van der Waals surface area contributed by atoms with E-state index in [4.69, 9.17) is 5.73 Å². The van der Waals surface area contributed by atoms with Crippen LogP contribution in [-0.4, -0.2) is 29.5 Å². The molecule has 3 N–H and O–H groups in total. The van der Waals surface area contributed by atoms with Crippen molar-refractivity contribution >= 4 is 17.7 Å². The summed E-state index contributed by atoms with van der Waals surface area (Å²) < 4.78 is 0. The van der Waals surface area contributed by atoms with Crippen molar-refractivity contribution in [2.45, 2.75) is 57.4 Å². The van der Waals surface area contributed by atoms with Crippen LogP contribution in [0.15, 0.2) is 0 Å². The molecule has 0 aliphatic heterocycles. The Labute approximate surface area is 103 Å². The summed E-state index contributed by atoms with van der Waals surface area (Å²) in [7, 11) is 0. The predicted octanol–water partition coefficient (Wildman–Crippen LogP) is 1.76. The topological polar surface area (TPSA) is 55.1 Å². The van der Waals surface area contributed by atoms with E-state index in [1.165, 1.54) is 12.8 Å². The van der Waals surface area contributed by atoms with E-state index in [1.54, 1.807) is 0 Å². The first-order valence-corrected chi connectivity index (χ1v) is 7.24. The van der Waals surface area contributed by atoms with Gasteiger partial charge in [0.25, 0.3) is 0 Å². The number of hydrogen-bond acceptors (Lipinski definition) is 3. The van der Waals surface area contributed by atoms with Gasteiger partial charge >= 0.3 is 0 Å². The minimum Gasteiger partial charge on any atom is -0.351 e. The van der Waals surface area contributed by atoms with Gasteiger partial charge in [0.2, 0.25) is 5.91 Å². The number of thioether (sulfide) groups is 1. The first kappa shape index (κ1) is 13.8. The van der Waals surface area contributed by atoms with E-state index in [0.717, 1.165) is 6.42 Å². The Bertz CT molecular complexity index is 250. The number of nitrogens with one attached hydrogen (secondary N) is 1. The van der Waals surface area contributed by atoms with Crippen molar-refractivity contribution in [3.8, 4) is 0 Å². The molecule has 0 heterocycles. The maximum Gasteiger partial charge on any atom is 0.237 e. The lowest BCUT2D eigenvalue weighted by molar-refractivity contribution is -0.125. The Balaban J connectivity index is 2.51. The molecule has 3 atom stereocenters. The van der Waals surface area contributed by atoms with Crippen LogP contribution >= 0.6 is 11.8 Å². The third kappa shape index (κ3) is 3.39. The fourth-order valence-corrected chi connectivity index (χ4v) is 2.97. The molecule has 0 aromatic rings. The molecule has 2 unspecified atom stereocenters. The molecule has 3 nitrogen and oxygen atoms in total. The fraction of sp³-hybridized carbons (Fsp3) is 0.917. The van der Waals surface area contributed by atoms with Crippen LogP contribution in [0.25, 0.3) is 0 Å². The lowest BCUT2D eigenvalue weighted by atomic mass is 9.87. The number of rotatable bonds is 3. The number of carbonyl (C=O) groups excluding carboxylic acids is 1. The fourth-order valence-electron chi connectivity index (χ4n) is 2.04. The van der Waals surface area contributed by atoms with Crippen LogP contribution in [0.5, 0.6) is 0 Å². The number of carbonyl (C=O) groups is 1. The molecule has 1 aliphatic carbocycles. The smallest absolute Gasteiger partial charge is 0.237 e. The van der Waals surface area contributed by atoms with E-state index >= 15 is 0 Å². The Morgan fingerprint density at radius 1 is 1.44 bits per heavy atom. The summed E-state index contributed by atoms with van der Waals surface area (Å²) >= 11 is 1.85. The summed E-state index contributed by atoms with van der Waals surface area (Å²) in [4.78, 5) is 12.0. The molecule has 0 radical (unpaired) electrons. The molecular weight excluding hydrogens is 220 g/mol. The van der Waals surface area contributed by atoms with Gasteiger partial charge in [-0.2, -0.15) is 11.8 Å². The van der Waals surface area contributed by atoms with Crippen LogP contribution in [0.3, 0.4) is 0 Å². The van der Waals surface area contributed by atoms with Crippen molar-refractivity contribution in [1.82, 2.24) is 5.32 Å². The van der Waals surface area contributed by atoms with Crippen LogP contribution < -0.4 is 11.1 Å². The molecule has 1 rings (SSSR count). The van der Waals surface area contributed by atoms with Crippen molar-refractivity contribution in [3.63, 3.8) is 0 Å². The highest BCUT2D eigenvalue weighted by Crippen LogP contribution is 2.28. The average molecular weight is 244 g/mol. The minimum atomic E-state index is -0.421. The van der Waals surface area contributed by atoms with Gasteiger partial charge in [0.1, 0.15) is 0 Å². The van der Waals surface area contributed by atoms with Gasteiger partial charge < -0.3 is 11.1 Å². The third-order valence-corrected chi connectivity index (χ3v) is 4.47. The van der Waals surface area contributed by atoms with Crippen LogP contribution in [0.4, 0.5) is 0 Å². The lowest BCUT2D eigenvalue weighted by Gasteiger charge is -2.28. The molecule has 4 heteroatoms. The molecule has 16 heavy (non-hydrogen) atoms. The van der Waals surface area contributed by atoms with Crippen molar-refractivity contribution in [2.24, 2.45) is 11.1 Å². The van der Waals surface area contributed by atoms with Crippen molar-refractivity contribution in [2.75, 3.05) is 6.26 Å². The standard InChI is InChI=1S/C12H24N2OS/c1-12(2,3)10(13)11(15)14-8-6-5-7-9(8)16-4/h8-10H,5-7,13H2,1-4H3,(H,14,15)/t8?,9?,10-/m1/s1. The molecule has 0 bridgehead atoms. The van der Waals surface area contributed by atoms with Gasteiger partial charge in [-0.05, 0) is 24.5 Å². The average Bonchev–Trinajstić information content (AvgIpc) is 2.62. The van der Waals surface area contributed by atoms with Gasteiger partial charge in [0.05, 0.1) is 6.04 Å². The van der Waals surface area contributed by atoms with Crippen molar-refractivity contribution < 1.29 is 4.79 Å². The molecule has 0 aromatic carbocycles. The summed E-state index contributed by atoms with van der Waals surface area (Å²) in [6.07, 6.45) is 5.62. The number of nitrogens with two attached hydrogens (primary N) is 1. The maximum absolute atomic E-state index is 12.0. The van der Waals surface area contributed by atoms with Gasteiger partial charge in [0, 0.05) is 11.3 Å². The largest absolute Gasteiger partial charge is 0.351 e. The Morgan fingerprint density at radius 2 is 2.06 bits per heavy atom. The molecule has 1 saturated carbocycles. The second-order valence-electron chi connectivity index (χ2n) is 5.66. The SMILES string of the molecule is CSC1CCCC1NC(=O)[C@@H](N)C(C)(C)C. The summed E-state index contributed by atoms with van der Waals surface area (Å²) in [5, 5.41) is 3.67. The zero-order valence-electron chi connectivity index (χ0n) is 10.7. The van der Waals surface area contributed by atoms with Crippen LogP contribution in [-0.2, 0) is 4.79 Å². The lowest BCUT2D eigenvalue weighted by Crippen LogP contribution is -2.52.